The minimum atomic E-state index is -0.730. The summed E-state index contributed by atoms with van der Waals surface area (Å²) in [7, 11) is 1.48. The van der Waals surface area contributed by atoms with Crippen molar-refractivity contribution in [3.63, 3.8) is 0 Å². The predicted octanol–water partition coefficient (Wildman–Crippen LogP) is 6.38. The molecule has 2 aromatic carbocycles. The molecule has 1 aliphatic rings. The van der Waals surface area contributed by atoms with E-state index in [1.165, 1.54) is 63.0 Å². The Bertz CT molecular complexity index is 667. The van der Waals surface area contributed by atoms with E-state index in [-0.39, 0.29) is 5.56 Å². The Morgan fingerprint density at radius 3 is 2.08 bits per heavy atom. The normalized spacial score (nSPS) is 21.9. The zero-order valence-corrected chi connectivity index (χ0v) is 15.0. The zero-order chi connectivity index (χ0) is 17.8. The van der Waals surface area contributed by atoms with Crippen LogP contribution in [0.25, 0.3) is 0 Å². The number of hydrogen-bond donors (Lipinski definition) is 0. The summed E-state index contributed by atoms with van der Waals surface area (Å²) in [5.41, 5.74) is 2.07. The van der Waals surface area contributed by atoms with E-state index in [0.29, 0.717) is 5.92 Å². The lowest BCUT2D eigenvalue weighted by atomic mass is 9.77. The summed E-state index contributed by atoms with van der Waals surface area (Å²) in [5, 5.41) is 0. The molecule has 0 N–H and O–H groups in total. The van der Waals surface area contributed by atoms with Crippen molar-refractivity contribution in [3.05, 3.63) is 70.8 Å². The van der Waals surface area contributed by atoms with Crippen LogP contribution >= 0.6 is 0 Å². The van der Waals surface area contributed by atoms with Crippen LogP contribution < -0.4 is 0 Å². The van der Waals surface area contributed by atoms with Crippen molar-refractivity contribution in [2.45, 2.75) is 51.0 Å². The molecule has 2 aromatic rings. The quantitative estimate of drug-likeness (QED) is 0.611. The van der Waals surface area contributed by atoms with E-state index in [2.05, 4.69) is 19.1 Å². The fourth-order valence-corrected chi connectivity index (χ4v) is 4.03. The van der Waals surface area contributed by atoms with Crippen molar-refractivity contribution < 1.29 is 13.5 Å². The van der Waals surface area contributed by atoms with Crippen LogP contribution in [0.15, 0.2) is 42.5 Å². The van der Waals surface area contributed by atoms with Crippen molar-refractivity contribution in [2.75, 3.05) is 7.11 Å². The van der Waals surface area contributed by atoms with Crippen LogP contribution in [0.5, 0.6) is 0 Å². The molecule has 1 nitrogen and oxygen atoms in total. The maximum Gasteiger partial charge on any atom is 0.132 e. The van der Waals surface area contributed by atoms with Crippen molar-refractivity contribution in [2.24, 2.45) is 5.92 Å². The summed E-state index contributed by atoms with van der Waals surface area (Å²) >= 11 is 0. The van der Waals surface area contributed by atoms with Crippen molar-refractivity contribution in [3.8, 4) is 0 Å². The monoisotopic (exact) mass is 344 g/mol. The second-order valence-corrected chi connectivity index (χ2v) is 7.04. The molecule has 0 aliphatic heterocycles. The molecule has 1 unspecified atom stereocenters. The van der Waals surface area contributed by atoms with E-state index >= 15 is 0 Å². The largest absolute Gasteiger partial charge is 0.372 e. The van der Waals surface area contributed by atoms with Gasteiger partial charge in [-0.25, -0.2) is 8.78 Å². The van der Waals surface area contributed by atoms with E-state index in [4.69, 9.17) is 4.74 Å². The van der Waals surface area contributed by atoms with Crippen LogP contribution in [0.4, 0.5) is 8.78 Å². The van der Waals surface area contributed by atoms with Gasteiger partial charge in [0.05, 0.1) is 5.56 Å². The number of methoxy groups -OCH3 is 1. The molecule has 25 heavy (non-hydrogen) atoms. The van der Waals surface area contributed by atoms with Crippen LogP contribution in [-0.4, -0.2) is 7.11 Å². The van der Waals surface area contributed by atoms with Gasteiger partial charge in [-0.05, 0) is 60.8 Å². The molecular weight excluding hydrogens is 318 g/mol. The summed E-state index contributed by atoms with van der Waals surface area (Å²) < 4.78 is 33.6. The number of rotatable bonds is 5. The third-order valence-corrected chi connectivity index (χ3v) is 5.63. The van der Waals surface area contributed by atoms with Gasteiger partial charge >= 0.3 is 0 Å². The first-order valence-corrected chi connectivity index (χ1v) is 9.20. The van der Waals surface area contributed by atoms with Gasteiger partial charge in [0.1, 0.15) is 17.7 Å². The molecule has 0 saturated heterocycles. The van der Waals surface area contributed by atoms with Gasteiger partial charge in [0.15, 0.2) is 0 Å². The average molecular weight is 344 g/mol. The molecule has 134 valence electrons. The van der Waals surface area contributed by atoms with E-state index < -0.39 is 17.7 Å². The molecule has 0 radical (unpaired) electrons. The third-order valence-electron chi connectivity index (χ3n) is 5.63. The lowest BCUT2D eigenvalue weighted by molar-refractivity contribution is 0.129. The summed E-state index contributed by atoms with van der Waals surface area (Å²) in [4.78, 5) is 0. The molecule has 0 bridgehead atoms. The van der Waals surface area contributed by atoms with Crippen LogP contribution in [0, 0.1) is 17.6 Å². The van der Waals surface area contributed by atoms with Crippen molar-refractivity contribution >= 4 is 0 Å². The van der Waals surface area contributed by atoms with Gasteiger partial charge in [0.25, 0.3) is 0 Å². The number of hydrogen-bond acceptors (Lipinski definition) is 1. The fraction of sp³-hybridized carbons (Fsp3) is 0.455. The molecule has 1 aliphatic carbocycles. The topological polar surface area (TPSA) is 9.23 Å². The predicted molar refractivity (Wildman–Crippen MR) is 96.6 cm³/mol. The molecule has 3 rings (SSSR count). The smallest absolute Gasteiger partial charge is 0.132 e. The van der Waals surface area contributed by atoms with Crippen LogP contribution in [-0.2, 0) is 4.74 Å². The van der Waals surface area contributed by atoms with Crippen molar-refractivity contribution in [1.82, 2.24) is 0 Å². The molecular formula is C22H26F2O. The van der Waals surface area contributed by atoms with Gasteiger partial charge in [-0.2, -0.15) is 0 Å². The molecule has 0 amide bonds. The highest BCUT2D eigenvalue weighted by molar-refractivity contribution is 5.35. The summed E-state index contributed by atoms with van der Waals surface area (Å²) in [6.07, 6.45) is 5.59. The maximum absolute atomic E-state index is 14.1. The molecule has 0 heterocycles. The molecule has 1 saturated carbocycles. The lowest BCUT2D eigenvalue weighted by Crippen LogP contribution is -2.13. The van der Waals surface area contributed by atoms with Crippen LogP contribution in [0.3, 0.4) is 0 Å². The van der Waals surface area contributed by atoms with Gasteiger partial charge < -0.3 is 4.74 Å². The third kappa shape index (κ3) is 3.92. The summed E-state index contributed by atoms with van der Waals surface area (Å²) in [5.74, 6) is 0.322. The Morgan fingerprint density at radius 2 is 1.56 bits per heavy atom. The Kier molecular flexibility index (Phi) is 5.85. The van der Waals surface area contributed by atoms with Gasteiger partial charge in [0, 0.05) is 7.11 Å². The first-order chi connectivity index (χ1) is 12.1. The van der Waals surface area contributed by atoms with E-state index in [9.17, 15) is 8.78 Å². The minimum Gasteiger partial charge on any atom is -0.372 e. The highest BCUT2D eigenvalue weighted by Crippen LogP contribution is 2.38. The number of benzene rings is 2. The van der Waals surface area contributed by atoms with Crippen LogP contribution in [0.1, 0.15) is 67.7 Å². The van der Waals surface area contributed by atoms with Gasteiger partial charge in [0.2, 0.25) is 0 Å². The second kappa shape index (κ2) is 8.09. The second-order valence-electron chi connectivity index (χ2n) is 7.04. The zero-order valence-electron chi connectivity index (χ0n) is 15.0. The summed E-state index contributed by atoms with van der Waals surface area (Å²) in [6.45, 7) is 2.27. The highest BCUT2D eigenvalue weighted by atomic mass is 19.1. The highest BCUT2D eigenvalue weighted by Gasteiger charge is 2.24. The van der Waals surface area contributed by atoms with E-state index in [1.54, 1.807) is 0 Å². The van der Waals surface area contributed by atoms with Crippen molar-refractivity contribution in [1.29, 1.82) is 0 Å². The maximum atomic E-state index is 14.1. The molecule has 0 spiro atoms. The first kappa shape index (κ1) is 18.1. The Labute approximate surface area is 149 Å². The standard InChI is InChI=1S/C22H26F2O/c1-3-15-7-9-16(10-8-15)17-11-13-18(14-12-17)22(25-2)21-19(23)5-4-6-20(21)24/h4-6,11-16,22H,3,7-10H2,1-2H3/t15-,16-,22?. The van der Waals surface area contributed by atoms with Gasteiger partial charge in [-0.15, -0.1) is 0 Å². The number of halogens is 2. The van der Waals surface area contributed by atoms with E-state index in [1.807, 2.05) is 12.1 Å². The van der Waals surface area contributed by atoms with Gasteiger partial charge in [-0.1, -0.05) is 43.7 Å². The summed E-state index contributed by atoms with van der Waals surface area (Å²) in [6, 6.07) is 12.0. The molecule has 1 fully saturated rings. The Morgan fingerprint density at radius 1 is 0.960 bits per heavy atom. The Balaban J connectivity index is 1.79. The molecule has 0 aromatic heterocycles. The lowest BCUT2D eigenvalue weighted by Gasteiger charge is -2.28. The fourth-order valence-electron chi connectivity index (χ4n) is 4.03. The minimum absolute atomic E-state index is 0.0267. The van der Waals surface area contributed by atoms with Gasteiger partial charge in [-0.3, -0.25) is 0 Å². The number of ether oxygens (including phenoxy) is 1. The molecule has 1 atom stereocenters. The van der Waals surface area contributed by atoms with Crippen LogP contribution in [0.2, 0.25) is 0 Å². The SMILES string of the molecule is CC[C@H]1CC[C@H](c2ccc(C(OC)c3c(F)cccc3F)cc2)CC1. The molecule has 3 heteroatoms. The Hall–Kier alpha value is -1.74. The average Bonchev–Trinajstić information content (AvgIpc) is 2.65. The van der Waals surface area contributed by atoms with E-state index in [0.717, 1.165) is 11.5 Å². The first-order valence-electron chi connectivity index (χ1n) is 9.20.